The third kappa shape index (κ3) is 2.30. The molecule has 0 bridgehead atoms. The molecule has 0 aromatic carbocycles. The van der Waals surface area contributed by atoms with E-state index in [0.29, 0.717) is 6.42 Å². The van der Waals surface area contributed by atoms with Crippen LogP contribution in [0.3, 0.4) is 0 Å². The summed E-state index contributed by atoms with van der Waals surface area (Å²) < 4.78 is 0. The molecule has 0 aromatic rings. The van der Waals surface area contributed by atoms with Crippen molar-refractivity contribution in [2.75, 3.05) is 0 Å². The molecule has 0 radical (unpaired) electrons. The molecule has 0 saturated carbocycles. The molecule has 1 heterocycles. The first-order valence-corrected chi connectivity index (χ1v) is 3.25. The van der Waals surface area contributed by atoms with E-state index >= 15 is 0 Å². The SMILES string of the molecule is CCC1C(=O)N=C([O-])NC1=O.[Na+]. The van der Waals surface area contributed by atoms with E-state index in [-0.39, 0.29) is 29.6 Å². The Morgan fingerprint density at radius 3 is 2.58 bits per heavy atom. The van der Waals surface area contributed by atoms with Crippen LogP contribution in [0.15, 0.2) is 4.99 Å². The van der Waals surface area contributed by atoms with Gasteiger partial charge in [-0.2, -0.15) is 0 Å². The van der Waals surface area contributed by atoms with Crippen LogP contribution in [0.2, 0.25) is 0 Å². The summed E-state index contributed by atoms with van der Waals surface area (Å²) in [7, 11) is 0. The minimum atomic E-state index is -0.857. The molecule has 1 aliphatic rings. The van der Waals surface area contributed by atoms with Gasteiger partial charge in [0, 0.05) is 0 Å². The molecule has 0 fully saturated rings. The fourth-order valence-electron chi connectivity index (χ4n) is 0.871. The molecule has 6 heteroatoms. The molecule has 1 N–H and O–H groups in total. The molecule has 1 atom stereocenters. The van der Waals surface area contributed by atoms with Gasteiger partial charge in [0.05, 0.1) is 6.02 Å². The van der Waals surface area contributed by atoms with Crippen molar-refractivity contribution in [3.63, 3.8) is 0 Å². The van der Waals surface area contributed by atoms with Gasteiger partial charge in [-0.1, -0.05) is 6.92 Å². The van der Waals surface area contributed by atoms with Gasteiger partial charge in [0.15, 0.2) is 0 Å². The summed E-state index contributed by atoms with van der Waals surface area (Å²) in [5.74, 6) is -1.95. The van der Waals surface area contributed by atoms with Crippen LogP contribution in [0, 0.1) is 5.92 Å². The number of carbonyl (C=O) groups is 2. The number of hydrogen-bond acceptors (Lipinski definition) is 3. The van der Waals surface area contributed by atoms with Crippen molar-refractivity contribution in [2.24, 2.45) is 10.9 Å². The van der Waals surface area contributed by atoms with Crippen molar-refractivity contribution < 1.29 is 44.3 Å². The molecule has 0 spiro atoms. The van der Waals surface area contributed by atoms with Crippen LogP contribution >= 0.6 is 0 Å². The van der Waals surface area contributed by atoms with Gasteiger partial charge >= 0.3 is 29.6 Å². The minimum Gasteiger partial charge on any atom is -0.846 e. The first-order chi connectivity index (χ1) is 5.15. The fraction of sp³-hybridized carbons (Fsp3) is 0.500. The van der Waals surface area contributed by atoms with Crippen molar-refractivity contribution >= 4 is 17.8 Å². The zero-order valence-electron chi connectivity index (χ0n) is 6.96. The number of amides is 2. The smallest absolute Gasteiger partial charge is 0.846 e. The molecule has 1 unspecified atom stereocenters. The number of amidine groups is 1. The average Bonchev–Trinajstić information content (AvgIpc) is 1.85. The first-order valence-electron chi connectivity index (χ1n) is 3.25. The van der Waals surface area contributed by atoms with Gasteiger partial charge in [-0.3, -0.25) is 9.59 Å². The average molecular weight is 178 g/mol. The molecular weight excluding hydrogens is 171 g/mol. The molecule has 12 heavy (non-hydrogen) atoms. The van der Waals surface area contributed by atoms with E-state index in [4.69, 9.17) is 0 Å². The zero-order valence-corrected chi connectivity index (χ0v) is 8.96. The Balaban J connectivity index is 0.00000121. The van der Waals surface area contributed by atoms with Crippen LogP contribution in [-0.2, 0) is 9.59 Å². The predicted molar refractivity (Wildman–Crippen MR) is 34.4 cm³/mol. The molecule has 1 rings (SSSR count). The van der Waals surface area contributed by atoms with Crippen molar-refractivity contribution in [1.29, 1.82) is 0 Å². The Kier molecular flexibility index (Phi) is 4.44. The standard InChI is InChI=1S/C6H8N2O3.Na/c1-2-3-4(9)7-6(11)8-5(3)10;/h3H,2H2,1H3,(H2,7,8,9,10,11);/q;+1/p-1. The first kappa shape index (κ1) is 11.6. The maximum atomic E-state index is 10.8. The van der Waals surface area contributed by atoms with Crippen LogP contribution < -0.4 is 40.0 Å². The van der Waals surface area contributed by atoms with Gasteiger partial charge in [0.1, 0.15) is 5.92 Å². The van der Waals surface area contributed by atoms with Crippen molar-refractivity contribution in [1.82, 2.24) is 5.32 Å². The van der Waals surface area contributed by atoms with Crippen molar-refractivity contribution in [2.45, 2.75) is 13.3 Å². The minimum absolute atomic E-state index is 0. The third-order valence-corrected chi connectivity index (χ3v) is 1.46. The van der Waals surface area contributed by atoms with Gasteiger partial charge in [0.25, 0.3) is 5.91 Å². The Morgan fingerprint density at radius 2 is 2.17 bits per heavy atom. The Morgan fingerprint density at radius 1 is 1.58 bits per heavy atom. The summed E-state index contributed by atoms with van der Waals surface area (Å²) in [6.07, 6.45) is 0.376. The predicted octanol–water partition coefficient (Wildman–Crippen LogP) is -4.61. The van der Waals surface area contributed by atoms with Crippen molar-refractivity contribution in [3.8, 4) is 0 Å². The van der Waals surface area contributed by atoms with Crippen molar-refractivity contribution in [3.05, 3.63) is 0 Å². The number of nitrogens with one attached hydrogen (secondary N) is 1. The van der Waals surface area contributed by atoms with E-state index in [2.05, 4.69) is 4.99 Å². The van der Waals surface area contributed by atoms with Gasteiger partial charge < -0.3 is 10.4 Å². The summed E-state index contributed by atoms with van der Waals surface area (Å²) >= 11 is 0. The topological polar surface area (TPSA) is 81.6 Å². The van der Waals surface area contributed by atoms with E-state index in [1.807, 2.05) is 5.32 Å². The summed E-state index contributed by atoms with van der Waals surface area (Å²) in [6.45, 7) is 1.69. The molecule has 60 valence electrons. The Hall–Kier alpha value is -0.390. The number of rotatable bonds is 1. The second-order valence-electron chi connectivity index (χ2n) is 2.21. The molecule has 2 amide bonds. The molecular formula is C6H7N2NaO3. The maximum absolute atomic E-state index is 10.8. The van der Waals surface area contributed by atoms with Crippen LogP contribution in [0.4, 0.5) is 0 Å². The molecule has 0 aliphatic carbocycles. The van der Waals surface area contributed by atoms with E-state index in [0.717, 1.165) is 0 Å². The van der Waals surface area contributed by atoms with E-state index < -0.39 is 23.8 Å². The van der Waals surface area contributed by atoms with Gasteiger partial charge in [-0.15, -0.1) is 0 Å². The van der Waals surface area contributed by atoms with Crippen LogP contribution in [0.5, 0.6) is 0 Å². The maximum Gasteiger partial charge on any atom is 1.00 e. The summed E-state index contributed by atoms with van der Waals surface area (Å²) in [5.41, 5.74) is 0. The van der Waals surface area contributed by atoms with Gasteiger partial charge in [-0.05, 0) is 6.42 Å². The van der Waals surface area contributed by atoms with E-state index in [1.54, 1.807) is 6.92 Å². The summed E-state index contributed by atoms with van der Waals surface area (Å²) in [4.78, 5) is 24.7. The number of aliphatic imine (C=N–C) groups is 1. The number of hydrogen-bond donors (Lipinski definition) is 1. The van der Waals surface area contributed by atoms with E-state index in [9.17, 15) is 14.7 Å². The molecule has 0 saturated heterocycles. The summed E-state index contributed by atoms with van der Waals surface area (Å²) in [6, 6.07) is -0.857. The second-order valence-corrected chi connectivity index (χ2v) is 2.21. The van der Waals surface area contributed by atoms with E-state index in [1.165, 1.54) is 0 Å². The monoisotopic (exact) mass is 178 g/mol. The Bertz CT molecular complexity index is 239. The van der Waals surface area contributed by atoms with Crippen LogP contribution in [0.25, 0.3) is 0 Å². The number of nitrogens with zero attached hydrogens (tertiary/aromatic N) is 1. The molecule has 1 aliphatic heterocycles. The number of carbonyl (C=O) groups excluding carboxylic acids is 2. The quantitative estimate of drug-likeness (QED) is 0.324. The molecule has 0 aromatic heterocycles. The van der Waals surface area contributed by atoms with Crippen LogP contribution in [0.1, 0.15) is 13.3 Å². The van der Waals surface area contributed by atoms with Gasteiger partial charge in [-0.25, -0.2) is 4.99 Å². The normalized spacial score (nSPS) is 22.4. The van der Waals surface area contributed by atoms with Crippen LogP contribution in [-0.4, -0.2) is 17.8 Å². The Labute approximate surface area is 91.5 Å². The second kappa shape index (κ2) is 4.59. The van der Waals surface area contributed by atoms with Gasteiger partial charge in [0.2, 0.25) is 5.91 Å². The summed E-state index contributed by atoms with van der Waals surface area (Å²) in [5, 5.41) is 12.4. The molecule has 5 nitrogen and oxygen atoms in total. The largest absolute Gasteiger partial charge is 1.00 e. The zero-order chi connectivity index (χ0) is 8.43. The fourth-order valence-corrected chi connectivity index (χ4v) is 0.871. The third-order valence-electron chi connectivity index (χ3n) is 1.46.